The van der Waals surface area contributed by atoms with Crippen LogP contribution < -0.4 is 0 Å². The van der Waals surface area contributed by atoms with Crippen LogP contribution in [0.2, 0.25) is 0 Å². The van der Waals surface area contributed by atoms with Gasteiger partial charge in [0.2, 0.25) is 0 Å². The fraction of sp³-hybridized carbons (Fsp3) is 1.00. The number of piperazine rings is 1. The number of likely N-dealkylation sites (N-methyl/N-ethyl adjacent to an activating group) is 1. The molecule has 0 spiro atoms. The van der Waals surface area contributed by atoms with Crippen molar-refractivity contribution in [1.82, 2.24) is 14.7 Å². The molecule has 5 heteroatoms. The smallest absolute Gasteiger partial charge is 0.0763 e. The van der Waals surface area contributed by atoms with Crippen LogP contribution in [0.15, 0.2) is 0 Å². The van der Waals surface area contributed by atoms with Crippen molar-refractivity contribution in [2.75, 3.05) is 65.2 Å². The van der Waals surface area contributed by atoms with E-state index >= 15 is 0 Å². The largest absolute Gasteiger partial charge is 0.391 e. The number of hydrogen-bond acceptors (Lipinski definition) is 4. The third-order valence-electron chi connectivity index (χ3n) is 2.98. The lowest BCUT2D eigenvalue weighted by atomic mass is 10.2. The van der Waals surface area contributed by atoms with E-state index < -0.39 is 0 Å². The Balaban J connectivity index is 2.13. The van der Waals surface area contributed by atoms with Gasteiger partial charge in [-0.2, -0.15) is 0 Å². The van der Waals surface area contributed by atoms with Gasteiger partial charge < -0.3 is 10.0 Å². The van der Waals surface area contributed by atoms with Crippen molar-refractivity contribution < 1.29 is 5.11 Å². The molecule has 0 aromatic heterocycles. The van der Waals surface area contributed by atoms with Gasteiger partial charge in [-0.25, -0.2) is 0 Å². The molecule has 0 aliphatic carbocycles. The van der Waals surface area contributed by atoms with E-state index in [4.69, 9.17) is 0 Å². The highest BCUT2D eigenvalue weighted by atomic mass is 79.9. The van der Waals surface area contributed by atoms with Gasteiger partial charge in [-0.1, -0.05) is 15.9 Å². The molecule has 0 bridgehead atoms. The van der Waals surface area contributed by atoms with E-state index in [1.807, 2.05) is 0 Å². The first-order valence-corrected chi connectivity index (χ1v) is 7.07. The van der Waals surface area contributed by atoms with Gasteiger partial charge in [-0.05, 0) is 14.1 Å². The van der Waals surface area contributed by atoms with Crippen molar-refractivity contribution in [3.63, 3.8) is 0 Å². The van der Waals surface area contributed by atoms with Crippen molar-refractivity contribution in [1.29, 1.82) is 0 Å². The molecule has 0 radical (unpaired) electrons. The Hall–Kier alpha value is 0.320. The number of hydrogen-bond donors (Lipinski definition) is 1. The Bertz CT molecular complexity index is 184. The van der Waals surface area contributed by atoms with Crippen molar-refractivity contribution in [3.8, 4) is 0 Å². The summed E-state index contributed by atoms with van der Waals surface area (Å²) >= 11 is 3.30. The van der Waals surface area contributed by atoms with Gasteiger partial charge in [-0.15, -0.1) is 0 Å². The molecule has 1 N–H and O–H groups in total. The van der Waals surface area contributed by atoms with Crippen LogP contribution in [0, 0.1) is 0 Å². The summed E-state index contributed by atoms with van der Waals surface area (Å²) in [6.07, 6.45) is -0.228. The molecular formula is C11H24BrN3O. The molecule has 1 atom stereocenters. The molecule has 96 valence electrons. The van der Waals surface area contributed by atoms with Crippen molar-refractivity contribution >= 4 is 15.9 Å². The van der Waals surface area contributed by atoms with Gasteiger partial charge in [0.05, 0.1) is 6.10 Å². The van der Waals surface area contributed by atoms with Gasteiger partial charge >= 0.3 is 0 Å². The van der Waals surface area contributed by atoms with E-state index in [0.29, 0.717) is 5.33 Å². The zero-order chi connectivity index (χ0) is 12.0. The van der Waals surface area contributed by atoms with Gasteiger partial charge in [0.15, 0.2) is 0 Å². The molecule has 0 amide bonds. The van der Waals surface area contributed by atoms with Crippen LogP contribution in [0.5, 0.6) is 0 Å². The van der Waals surface area contributed by atoms with E-state index in [-0.39, 0.29) is 6.10 Å². The lowest BCUT2D eigenvalue weighted by Crippen LogP contribution is -2.49. The number of aliphatic hydroxyl groups is 1. The molecule has 1 unspecified atom stereocenters. The third kappa shape index (κ3) is 5.59. The van der Waals surface area contributed by atoms with E-state index in [9.17, 15) is 5.11 Å². The highest BCUT2D eigenvalue weighted by Crippen LogP contribution is 2.03. The first-order valence-electron chi connectivity index (χ1n) is 5.95. The maximum atomic E-state index is 9.54. The molecule has 16 heavy (non-hydrogen) atoms. The molecule has 0 saturated carbocycles. The van der Waals surface area contributed by atoms with E-state index in [2.05, 4.69) is 44.7 Å². The molecule has 1 rings (SSSR count). The number of alkyl halides is 1. The van der Waals surface area contributed by atoms with E-state index in [1.165, 1.54) is 0 Å². The number of aliphatic hydroxyl groups excluding tert-OH is 1. The number of halogens is 1. The summed E-state index contributed by atoms with van der Waals surface area (Å²) in [5, 5.41) is 10.2. The van der Waals surface area contributed by atoms with Crippen LogP contribution in [0.1, 0.15) is 0 Å². The summed E-state index contributed by atoms with van der Waals surface area (Å²) < 4.78 is 0. The van der Waals surface area contributed by atoms with Gasteiger partial charge in [0, 0.05) is 51.1 Å². The predicted molar refractivity (Wildman–Crippen MR) is 71.2 cm³/mol. The van der Waals surface area contributed by atoms with E-state index in [0.717, 1.165) is 45.8 Å². The summed E-state index contributed by atoms with van der Waals surface area (Å²) in [5.41, 5.74) is 0. The Kier molecular flexibility index (Phi) is 6.84. The second-order valence-electron chi connectivity index (χ2n) is 4.75. The second kappa shape index (κ2) is 7.61. The standard InChI is InChI=1S/C11H24BrN3O/c1-13(2)3-4-14-5-7-15(8-6-14)10-11(16)9-12/h11,16H,3-10H2,1-2H3. The van der Waals surface area contributed by atoms with Crippen LogP contribution in [0.25, 0.3) is 0 Å². The monoisotopic (exact) mass is 293 g/mol. The molecule has 1 saturated heterocycles. The number of nitrogens with zero attached hydrogens (tertiary/aromatic N) is 3. The maximum Gasteiger partial charge on any atom is 0.0763 e. The van der Waals surface area contributed by atoms with Crippen LogP contribution in [-0.2, 0) is 0 Å². The van der Waals surface area contributed by atoms with Gasteiger partial charge in [0.25, 0.3) is 0 Å². The average Bonchev–Trinajstić information content (AvgIpc) is 2.28. The summed E-state index contributed by atoms with van der Waals surface area (Å²) in [5.74, 6) is 0. The fourth-order valence-corrected chi connectivity index (χ4v) is 2.09. The fourth-order valence-electron chi connectivity index (χ4n) is 1.88. The summed E-state index contributed by atoms with van der Waals surface area (Å²) in [4.78, 5) is 7.07. The normalized spacial score (nSPS) is 21.6. The summed E-state index contributed by atoms with van der Waals surface area (Å²) in [6.45, 7) is 7.50. The molecule has 1 fully saturated rings. The lowest BCUT2D eigenvalue weighted by Gasteiger charge is -2.35. The number of β-amino-alcohol motifs (C(OH)–C–C–N with tert-alkyl or cyclic N) is 1. The molecule has 1 heterocycles. The zero-order valence-corrected chi connectivity index (χ0v) is 12.0. The molecule has 0 aromatic carbocycles. The topological polar surface area (TPSA) is 30.0 Å². The minimum absolute atomic E-state index is 0.228. The van der Waals surface area contributed by atoms with E-state index in [1.54, 1.807) is 0 Å². The first kappa shape index (κ1) is 14.4. The van der Waals surface area contributed by atoms with Gasteiger partial charge in [-0.3, -0.25) is 9.80 Å². The first-order chi connectivity index (χ1) is 7.61. The summed E-state index contributed by atoms with van der Waals surface area (Å²) in [6, 6.07) is 0. The average molecular weight is 294 g/mol. The van der Waals surface area contributed by atoms with Crippen LogP contribution in [-0.4, -0.2) is 91.1 Å². The number of rotatable bonds is 6. The highest BCUT2D eigenvalue weighted by molar-refractivity contribution is 9.09. The van der Waals surface area contributed by atoms with Crippen LogP contribution >= 0.6 is 15.9 Å². The van der Waals surface area contributed by atoms with Crippen molar-refractivity contribution in [2.45, 2.75) is 6.10 Å². The molecule has 1 aliphatic heterocycles. The minimum Gasteiger partial charge on any atom is -0.391 e. The Labute approximate surface area is 107 Å². The minimum atomic E-state index is -0.228. The molecule has 0 aromatic rings. The quantitative estimate of drug-likeness (QED) is 0.694. The Morgan fingerprint density at radius 2 is 1.75 bits per heavy atom. The van der Waals surface area contributed by atoms with Crippen LogP contribution in [0.3, 0.4) is 0 Å². The Morgan fingerprint density at radius 3 is 2.25 bits per heavy atom. The van der Waals surface area contributed by atoms with Crippen LogP contribution in [0.4, 0.5) is 0 Å². The molecule has 1 aliphatic rings. The maximum absolute atomic E-state index is 9.54. The zero-order valence-electron chi connectivity index (χ0n) is 10.4. The predicted octanol–water partition coefficient (Wildman–Crippen LogP) is -0.0786. The van der Waals surface area contributed by atoms with Gasteiger partial charge in [0.1, 0.15) is 0 Å². The van der Waals surface area contributed by atoms with Crippen molar-refractivity contribution in [3.05, 3.63) is 0 Å². The third-order valence-corrected chi connectivity index (χ3v) is 3.72. The SMILES string of the molecule is CN(C)CCN1CCN(CC(O)CBr)CC1. The second-order valence-corrected chi connectivity index (χ2v) is 5.40. The highest BCUT2D eigenvalue weighted by Gasteiger charge is 2.18. The summed E-state index contributed by atoms with van der Waals surface area (Å²) in [7, 11) is 4.23. The van der Waals surface area contributed by atoms with Crippen molar-refractivity contribution in [2.24, 2.45) is 0 Å². The lowest BCUT2D eigenvalue weighted by molar-refractivity contribution is 0.0805. The molecular weight excluding hydrogens is 270 g/mol. The Morgan fingerprint density at radius 1 is 1.19 bits per heavy atom. The molecule has 4 nitrogen and oxygen atoms in total.